The molecule has 3 N–H and O–H groups in total. The highest BCUT2D eigenvalue weighted by molar-refractivity contribution is 6.31. The zero-order valence-electron chi connectivity index (χ0n) is 13.0. The molecule has 0 saturated carbocycles. The van der Waals surface area contributed by atoms with Crippen molar-refractivity contribution in [1.82, 2.24) is 10.3 Å². The third-order valence-electron chi connectivity index (χ3n) is 3.28. The van der Waals surface area contributed by atoms with Gasteiger partial charge in [0.15, 0.2) is 11.5 Å². The molecule has 7 nitrogen and oxygen atoms in total. The van der Waals surface area contributed by atoms with Crippen LogP contribution in [-0.4, -0.2) is 22.1 Å². The minimum Gasteiger partial charge on any atom is -0.339 e. The largest absolute Gasteiger partial charge is 0.339 e. The van der Waals surface area contributed by atoms with Crippen LogP contribution in [0.3, 0.4) is 0 Å². The summed E-state index contributed by atoms with van der Waals surface area (Å²) in [4.78, 5) is 12.1. The van der Waals surface area contributed by atoms with E-state index in [1.165, 1.54) is 0 Å². The number of benzene rings is 2. The molecule has 0 bridgehead atoms. The molecule has 25 heavy (non-hydrogen) atoms. The minimum atomic E-state index is -0.279. The SMILES string of the molecule is N=C(Nc1cccc(Cl)c1)c1nonc1NC(=O)Cc1ccccc1. The lowest BCUT2D eigenvalue weighted by atomic mass is 10.1. The fourth-order valence-electron chi connectivity index (χ4n) is 2.16. The van der Waals surface area contributed by atoms with Crippen molar-refractivity contribution in [2.24, 2.45) is 0 Å². The van der Waals surface area contributed by atoms with Gasteiger partial charge < -0.3 is 10.6 Å². The summed E-state index contributed by atoms with van der Waals surface area (Å²) in [6.07, 6.45) is 0.183. The number of aromatic nitrogens is 2. The van der Waals surface area contributed by atoms with E-state index in [1.54, 1.807) is 24.3 Å². The average Bonchev–Trinajstić information content (AvgIpc) is 3.04. The van der Waals surface area contributed by atoms with E-state index in [2.05, 4.69) is 25.6 Å². The van der Waals surface area contributed by atoms with E-state index in [1.807, 2.05) is 30.3 Å². The molecule has 0 unspecified atom stereocenters. The van der Waals surface area contributed by atoms with Gasteiger partial charge in [0, 0.05) is 10.7 Å². The predicted molar refractivity (Wildman–Crippen MR) is 95.0 cm³/mol. The van der Waals surface area contributed by atoms with Crippen LogP contribution in [0, 0.1) is 5.41 Å². The van der Waals surface area contributed by atoms with Gasteiger partial charge in [0.25, 0.3) is 0 Å². The van der Waals surface area contributed by atoms with Crippen LogP contribution in [-0.2, 0) is 11.2 Å². The first-order valence-corrected chi connectivity index (χ1v) is 7.77. The summed E-state index contributed by atoms with van der Waals surface area (Å²) in [5, 5.41) is 21.4. The van der Waals surface area contributed by atoms with Crippen LogP contribution in [0.5, 0.6) is 0 Å². The maximum atomic E-state index is 12.1. The zero-order valence-corrected chi connectivity index (χ0v) is 13.7. The number of amides is 1. The Morgan fingerprint density at radius 1 is 1.08 bits per heavy atom. The van der Waals surface area contributed by atoms with Crippen molar-refractivity contribution in [2.45, 2.75) is 6.42 Å². The fraction of sp³-hybridized carbons (Fsp3) is 0.0588. The second kappa shape index (κ2) is 7.59. The second-order valence-corrected chi connectivity index (χ2v) is 5.62. The molecule has 1 amide bonds. The Morgan fingerprint density at radius 3 is 2.64 bits per heavy atom. The highest BCUT2D eigenvalue weighted by Gasteiger charge is 2.18. The van der Waals surface area contributed by atoms with Gasteiger partial charge in [-0.05, 0) is 34.1 Å². The molecule has 126 valence electrons. The van der Waals surface area contributed by atoms with Crippen molar-refractivity contribution in [2.75, 3.05) is 10.6 Å². The predicted octanol–water partition coefficient (Wildman–Crippen LogP) is 3.34. The average molecular weight is 356 g/mol. The van der Waals surface area contributed by atoms with Crippen LogP contribution in [0.4, 0.5) is 11.5 Å². The lowest BCUT2D eigenvalue weighted by molar-refractivity contribution is -0.115. The summed E-state index contributed by atoms with van der Waals surface area (Å²) in [5.74, 6) is -0.266. The van der Waals surface area contributed by atoms with E-state index in [0.29, 0.717) is 10.7 Å². The van der Waals surface area contributed by atoms with Crippen LogP contribution in [0.15, 0.2) is 59.2 Å². The molecule has 8 heteroatoms. The molecule has 0 radical (unpaired) electrons. The summed E-state index contributed by atoms with van der Waals surface area (Å²) in [7, 11) is 0. The highest BCUT2D eigenvalue weighted by Crippen LogP contribution is 2.17. The third-order valence-corrected chi connectivity index (χ3v) is 3.52. The molecule has 0 aliphatic carbocycles. The van der Waals surface area contributed by atoms with Gasteiger partial charge in [0.1, 0.15) is 0 Å². The second-order valence-electron chi connectivity index (χ2n) is 5.18. The molecule has 0 saturated heterocycles. The minimum absolute atomic E-state index is 0.0708. The van der Waals surface area contributed by atoms with Gasteiger partial charge in [-0.3, -0.25) is 10.2 Å². The number of hydrogen-bond donors (Lipinski definition) is 3. The summed E-state index contributed by atoms with van der Waals surface area (Å²) < 4.78 is 4.66. The molecule has 3 aromatic rings. The monoisotopic (exact) mass is 355 g/mol. The number of anilines is 2. The van der Waals surface area contributed by atoms with Crippen LogP contribution >= 0.6 is 11.6 Å². The van der Waals surface area contributed by atoms with E-state index in [9.17, 15) is 4.79 Å². The molecule has 3 rings (SSSR count). The lowest BCUT2D eigenvalue weighted by Gasteiger charge is -2.07. The number of amidine groups is 1. The highest BCUT2D eigenvalue weighted by atomic mass is 35.5. The van der Waals surface area contributed by atoms with Crippen LogP contribution in [0.25, 0.3) is 0 Å². The summed E-state index contributed by atoms with van der Waals surface area (Å²) in [5.41, 5.74) is 1.58. The Balaban J connectivity index is 1.67. The first-order valence-electron chi connectivity index (χ1n) is 7.39. The Hall–Kier alpha value is -3.19. The standard InChI is InChI=1S/C17H14ClN5O2/c18-12-7-4-8-13(10-12)20-16(19)15-17(23-25-22-15)21-14(24)9-11-5-2-1-3-6-11/h1-8,10H,9H2,(H2,19,20)(H,21,23,24). The molecule has 0 aliphatic heterocycles. The van der Waals surface area contributed by atoms with Crippen molar-refractivity contribution in [3.05, 3.63) is 70.9 Å². The Bertz CT molecular complexity index is 895. The Kier molecular flexibility index (Phi) is 5.06. The quantitative estimate of drug-likeness (QED) is 0.481. The third kappa shape index (κ3) is 4.42. The van der Waals surface area contributed by atoms with E-state index in [0.717, 1.165) is 5.56 Å². The maximum absolute atomic E-state index is 12.1. The molecule has 0 fully saturated rings. The molecule has 0 aliphatic rings. The van der Waals surface area contributed by atoms with Crippen LogP contribution in [0.2, 0.25) is 5.02 Å². The molecule has 2 aromatic carbocycles. The van der Waals surface area contributed by atoms with Crippen LogP contribution < -0.4 is 10.6 Å². The molecule has 0 spiro atoms. The summed E-state index contributed by atoms with van der Waals surface area (Å²) in [6.45, 7) is 0. The van der Waals surface area contributed by atoms with Crippen molar-refractivity contribution in [3.8, 4) is 0 Å². The van der Waals surface area contributed by atoms with E-state index in [-0.39, 0.29) is 29.7 Å². The number of halogens is 1. The Labute approximate surface area is 148 Å². The molecule has 0 atom stereocenters. The van der Waals surface area contributed by atoms with Gasteiger partial charge in [0.05, 0.1) is 6.42 Å². The Morgan fingerprint density at radius 2 is 1.88 bits per heavy atom. The first-order chi connectivity index (χ1) is 12.1. The number of rotatable bonds is 5. The van der Waals surface area contributed by atoms with Crippen molar-refractivity contribution in [1.29, 1.82) is 5.41 Å². The summed E-state index contributed by atoms with van der Waals surface area (Å²) >= 11 is 5.92. The van der Waals surface area contributed by atoms with Gasteiger partial charge >= 0.3 is 0 Å². The van der Waals surface area contributed by atoms with Crippen molar-refractivity contribution < 1.29 is 9.42 Å². The van der Waals surface area contributed by atoms with Crippen LogP contribution in [0.1, 0.15) is 11.3 Å². The fourth-order valence-corrected chi connectivity index (χ4v) is 2.35. The number of carbonyl (C=O) groups excluding carboxylic acids is 1. The van der Waals surface area contributed by atoms with E-state index >= 15 is 0 Å². The number of nitrogens with zero attached hydrogens (tertiary/aromatic N) is 2. The number of carbonyl (C=O) groups is 1. The van der Waals surface area contributed by atoms with Gasteiger partial charge in [-0.15, -0.1) is 0 Å². The van der Waals surface area contributed by atoms with Gasteiger partial charge in [-0.1, -0.05) is 48.0 Å². The number of nitrogens with one attached hydrogen (secondary N) is 3. The zero-order chi connectivity index (χ0) is 17.6. The molecule has 1 heterocycles. The number of hydrogen-bond acceptors (Lipinski definition) is 5. The van der Waals surface area contributed by atoms with Crippen molar-refractivity contribution in [3.63, 3.8) is 0 Å². The molecular formula is C17H14ClN5O2. The van der Waals surface area contributed by atoms with E-state index < -0.39 is 0 Å². The van der Waals surface area contributed by atoms with E-state index in [4.69, 9.17) is 17.0 Å². The topological polar surface area (TPSA) is 104 Å². The van der Waals surface area contributed by atoms with Crippen molar-refractivity contribution >= 4 is 34.8 Å². The van der Waals surface area contributed by atoms with Gasteiger partial charge in [0.2, 0.25) is 11.7 Å². The smallest absolute Gasteiger partial charge is 0.230 e. The summed E-state index contributed by atoms with van der Waals surface area (Å²) in [6, 6.07) is 16.2. The lowest BCUT2D eigenvalue weighted by Crippen LogP contribution is -2.19. The normalized spacial score (nSPS) is 10.3. The van der Waals surface area contributed by atoms with Gasteiger partial charge in [-0.25, -0.2) is 4.63 Å². The molecular weight excluding hydrogens is 342 g/mol. The van der Waals surface area contributed by atoms with Gasteiger partial charge in [-0.2, -0.15) is 0 Å². The molecule has 1 aromatic heterocycles. The maximum Gasteiger partial charge on any atom is 0.230 e. The first kappa shape index (κ1) is 16.7.